The molecule has 0 atom stereocenters. The van der Waals surface area contributed by atoms with Gasteiger partial charge < -0.3 is 9.47 Å². The summed E-state index contributed by atoms with van der Waals surface area (Å²) in [5, 5.41) is 4.39. The van der Waals surface area contributed by atoms with Gasteiger partial charge in [0.2, 0.25) is 0 Å². The fraction of sp³-hybridized carbons (Fsp3) is 0.333. The lowest BCUT2D eigenvalue weighted by Crippen LogP contribution is -2.20. The topological polar surface area (TPSA) is 59.9 Å². The molecule has 5 heteroatoms. The van der Waals surface area contributed by atoms with Gasteiger partial charge in [-0.2, -0.15) is 5.10 Å². The molecule has 1 amide bonds. The number of carbonyl (C=O) groups is 1. The minimum atomic E-state index is -0.283. The summed E-state index contributed by atoms with van der Waals surface area (Å²) >= 11 is 0. The maximum atomic E-state index is 12.5. The van der Waals surface area contributed by atoms with Crippen molar-refractivity contribution in [1.82, 2.24) is 5.43 Å². The number of carbonyl (C=O) groups excluding carboxylic acids is 1. The van der Waals surface area contributed by atoms with Gasteiger partial charge in [0.15, 0.2) is 11.5 Å². The van der Waals surface area contributed by atoms with Gasteiger partial charge >= 0.3 is 0 Å². The number of hydrazone groups is 1. The molecule has 138 valence electrons. The first kappa shape index (κ1) is 19.5. The summed E-state index contributed by atoms with van der Waals surface area (Å²) in [6, 6.07) is 15.0. The lowest BCUT2D eigenvalue weighted by atomic mass is 10.0. The van der Waals surface area contributed by atoms with Crippen molar-refractivity contribution in [2.75, 3.05) is 14.2 Å². The van der Waals surface area contributed by atoms with Crippen LogP contribution in [0.1, 0.15) is 48.5 Å². The molecule has 0 radical (unpaired) electrons. The zero-order chi connectivity index (χ0) is 18.8. The summed E-state index contributed by atoms with van der Waals surface area (Å²) in [4.78, 5) is 12.5. The number of hydrogen-bond acceptors (Lipinski definition) is 4. The van der Waals surface area contributed by atoms with Crippen LogP contribution in [0.15, 0.2) is 53.6 Å². The van der Waals surface area contributed by atoms with E-state index in [0.29, 0.717) is 17.1 Å². The van der Waals surface area contributed by atoms with Crippen molar-refractivity contribution in [3.8, 4) is 11.5 Å². The molecule has 0 aliphatic heterocycles. The number of nitrogens with zero attached hydrogens (tertiary/aromatic N) is 1. The normalized spacial score (nSPS) is 11.1. The number of nitrogens with one attached hydrogen (secondary N) is 1. The second kappa shape index (κ2) is 10.2. The standard InChI is InChI=1S/C21H26N2O3/c1-4-5-7-12-18(16-10-8-6-9-11-16)22-23-21(24)17-13-14-19(25-2)20(15-17)26-3/h6,8-11,13-15H,4-5,7,12H2,1-3H3,(H,23,24)/b22-18+. The van der Waals surface area contributed by atoms with E-state index in [9.17, 15) is 4.79 Å². The monoisotopic (exact) mass is 354 g/mol. The molecule has 2 aromatic rings. The van der Waals surface area contributed by atoms with E-state index in [1.807, 2.05) is 30.3 Å². The lowest BCUT2D eigenvalue weighted by molar-refractivity contribution is 0.0954. The molecular weight excluding hydrogens is 328 g/mol. The molecule has 5 nitrogen and oxygen atoms in total. The third-order valence-electron chi connectivity index (χ3n) is 4.06. The first-order valence-electron chi connectivity index (χ1n) is 8.84. The predicted octanol–water partition coefficient (Wildman–Crippen LogP) is 4.42. The Hall–Kier alpha value is -2.82. The Morgan fingerprint density at radius 2 is 1.69 bits per heavy atom. The smallest absolute Gasteiger partial charge is 0.271 e. The summed E-state index contributed by atoms with van der Waals surface area (Å²) in [5.41, 5.74) is 5.04. The van der Waals surface area contributed by atoms with E-state index in [-0.39, 0.29) is 5.91 Å². The predicted molar refractivity (Wildman–Crippen MR) is 104 cm³/mol. The van der Waals surface area contributed by atoms with Gasteiger partial charge in [-0.3, -0.25) is 4.79 Å². The highest BCUT2D eigenvalue weighted by Crippen LogP contribution is 2.27. The van der Waals surface area contributed by atoms with E-state index in [1.165, 1.54) is 0 Å². The van der Waals surface area contributed by atoms with Gasteiger partial charge in [0.1, 0.15) is 0 Å². The van der Waals surface area contributed by atoms with Crippen LogP contribution in [0.4, 0.5) is 0 Å². The molecule has 0 fully saturated rings. The minimum absolute atomic E-state index is 0.283. The zero-order valence-electron chi connectivity index (χ0n) is 15.6. The Morgan fingerprint density at radius 1 is 0.962 bits per heavy atom. The summed E-state index contributed by atoms with van der Waals surface area (Å²) in [6.45, 7) is 2.16. The number of unbranched alkanes of at least 4 members (excludes halogenated alkanes) is 2. The Labute approximate surface area is 155 Å². The summed E-state index contributed by atoms with van der Waals surface area (Å²) in [7, 11) is 3.10. The van der Waals surface area contributed by atoms with Gasteiger partial charge in [-0.15, -0.1) is 0 Å². The third kappa shape index (κ3) is 5.34. The molecule has 0 aliphatic rings. The van der Waals surface area contributed by atoms with Crippen LogP contribution in [0.25, 0.3) is 0 Å². The van der Waals surface area contributed by atoms with Crippen LogP contribution in [0, 0.1) is 0 Å². The van der Waals surface area contributed by atoms with Crippen molar-refractivity contribution < 1.29 is 14.3 Å². The zero-order valence-corrected chi connectivity index (χ0v) is 15.6. The summed E-state index contributed by atoms with van der Waals surface area (Å²) < 4.78 is 10.4. The van der Waals surface area contributed by atoms with Gasteiger partial charge in [0.05, 0.1) is 19.9 Å². The van der Waals surface area contributed by atoms with E-state index in [0.717, 1.165) is 37.0 Å². The van der Waals surface area contributed by atoms with E-state index in [4.69, 9.17) is 9.47 Å². The van der Waals surface area contributed by atoms with Gasteiger partial charge in [-0.1, -0.05) is 50.1 Å². The number of hydrogen-bond donors (Lipinski definition) is 1. The average Bonchev–Trinajstić information content (AvgIpc) is 2.70. The van der Waals surface area contributed by atoms with Crippen LogP contribution in [0.2, 0.25) is 0 Å². The number of ether oxygens (including phenoxy) is 2. The van der Waals surface area contributed by atoms with E-state index < -0.39 is 0 Å². The fourth-order valence-electron chi connectivity index (χ4n) is 2.60. The Morgan fingerprint density at radius 3 is 2.35 bits per heavy atom. The lowest BCUT2D eigenvalue weighted by Gasteiger charge is -2.10. The molecule has 2 aromatic carbocycles. The Kier molecular flexibility index (Phi) is 7.68. The van der Waals surface area contributed by atoms with Crippen molar-refractivity contribution in [1.29, 1.82) is 0 Å². The quantitative estimate of drug-likeness (QED) is 0.412. The average molecular weight is 354 g/mol. The van der Waals surface area contributed by atoms with E-state index in [1.54, 1.807) is 32.4 Å². The summed E-state index contributed by atoms with van der Waals surface area (Å²) in [5.74, 6) is 0.808. The van der Waals surface area contributed by atoms with Crippen molar-refractivity contribution in [3.63, 3.8) is 0 Å². The molecule has 0 saturated heterocycles. The maximum absolute atomic E-state index is 12.5. The molecular formula is C21H26N2O3. The maximum Gasteiger partial charge on any atom is 0.271 e. The van der Waals surface area contributed by atoms with Crippen molar-refractivity contribution in [3.05, 3.63) is 59.7 Å². The van der Waals surface area contributed by atoms with Gasteiger partial charge in [-0.25, -0.2) is 5.43 Å². The molecule has 0 aromatic heterocycles. The van der Waals surface area contributed by atoms with Crippen molar-refractivity contribution in [2.24, 2.45) is 5.10 Å². The minimum Gasteiger partial charge on any atom is -0.493 e. The largest absolute Gasteiger partial charge is 0.493 e. The summed E-state index contributed by atoms with van der Waals surface area (Å²) in [6.07, 6.45) is 4.13. The molecule has 0 aliphatic carbocycles. The first-order chi connectivity index (χ1) is 12.7. The second-order valence-corrected chi connectivity index (χ2v) is 5.89. The van der Waals surface area contributed by atoms with Gasteiger partial charge in [-0.05, 0) is 36.6 Å². The van der Waals surface area contributed by atoms with Gasteiger partial charge in [0.25, 0.3) is 5.91 Å². The SMILES string of the molecule is CCCCC/C(=N\NC(=O)c1ccc(OC)c(OC)c1)c1ccccc1. The number of rotatable bonds is 9. The van der Waals surface area contributed by atoms with Crippen LogP contribution in [0.3, 0.4) is 0 Å². The van der Waals surface area contributed by atoms with E-state index in [2.05, 4.69) is 17.5 Å². The molecule has 26 heavy (non-hydrogen) atoms. The van der Waals surface area contributed by atoms with E-state index >= 15 is 0 Å². The molecule has 0 heterocycles. The van der Waals surface area contributed by atoms with Gasteiger partial charge in [0, 0.05) is 5.56 Å². The Balaban J connectivity index is 2.16. The first-order valence-corrected chi connectivity index (χ1v) is 8.84. The molecule has 0 unspecified atom stereocenters. The van der Waals surface area contributed by atoms with Crippen molar-refractivity contribution >= 4 is 11.6 Å². The molecule has 0 spiro atoms. The fourth-order valence-corrected chi connectivity index (χ4v) is 2.60. The highest BCUT2D eigenvalue weighted by atomic mass is 16.5. The van der Waals surface area contributed by atoms with Crippen molar-refractivity contribution in [2.45, 2.75) is 32.6 Å². The van der Waals surface area contributed by atoms with Crippen LogP contribution in [-0.4, -0.2) is 25.8 Å². The van der Waals surface area contributed by atoms with Crippen LogP contribution in [0.5, 0.6) is 11.5 Å². The molecule has 1 N–H and O–H groups in total. The number of amides is 1. The number of methoxy groups -OCH3 is 2. The van der Waals surface area contributed by atoms with Crippen LogP contribution >= 0.6 is 0 Å². The third-order valence-corrected chi connectivity index (χ3v) is 4.06. The second-order valence-electron chi connectivity index (χ2n) is 5.89. The molecule has 0 saturated carbocycles. The highest BCUT2D eigenvalue weighted by molar-refractivity contribution is 6.02. The van der Waals surface area contributed by atoms with Crippen LogP contribution < -0.4 is 14.9 Å². The highest BCUT2D eigenvalue weighted by Gasteiger charge is 2.11. The molecule has 2 rings (SSSR count). The van der Waals surface area contributed by atoms with Crippen LogP contribution in [-0.2, 0) is 0 Å². The Bertz CT molecular complexity index is 742. The number of benzene rings is 2. The molecule has 0 bridgehead atoms.